The van der Waals surface area contributed by atoms with Gasteiger partial charge in [-0.3, -0.25) is 14.5 Å². The molecule has 5 aromatic rings. The smallest absolute Gasteiger partial charge is 0.416 e. The molecular formula is C46H46F3N5O6. The van der Waals surface area contributed by atoms with Gasteiger partial charge in [-0.15, -0.1) is 0 Å². The molecule has 1 fully saturated rings. The van der Waals surface area contributed by atoms with Gasteiger partial charge in [0.05, 0.1) is 24.3 Å². The molecule has 4 aromatic carbocycles. The van der Waals surface area contributed by atoms with Crippen LogP contribution in [0.25, 0.3) is 11.3 Å². The second-order valence-electron chi connectivity index (χ2n) is 15.7. The third-order valence-corrected chi connectivity index (χ3v) is 12.0. The molecule has 60 heavy (non-hydrogen) atoms. The van der Waals surface area contributed by atoms with Crippen LogP contribution in [0.5, 0.6) is 11.5 Å². The molecule has 0 bridgehead atoms. The Morgan fingerprint density at radius 2 is 1.55 bits per heavy atom. The van der Waals surface area contributed by atoms with Gasteiger partial charge in [0.1, 0.15) is 11.5 Å². The minimum atomic E-state index is -4.52. The van der Waals surface area contributed by atoms with Crippen LogP contribution in [-0.4, -0.2) is 94.8 Å². The Morgan fingerprint density at radius 3 is 2.25 bits per heavy atom. The molecule has 11 nitrogen and oxygen atoms in total. The predicted octanol–water partition coefficient (Wildman–Crippen LogP) is 7.46. The number of rotatable bonds is 7. The van der Waals surface area contributed by atoms with Crippen LogP contribution in [0.15, 0.2) is 91.0 Å². The Kier molecular flexibility index (Phi) is 11.2. The molecule has 14 heteroatoms. The summed E-state index contributed by atoms with van der Waals surface area (Å²) in [4.78, 5) is 50.1. The summed E-state index contributed by atoms with van der Waals surface area (Å²) in [6.07, 6.45) is -4.13. The molecule has 0 aliphatic carbocycles. The van der Waals surface area contributed by atoms with E-state index in [1.807, 2.05) is 53.8 Å². The molecule has 3 aliphatic rings. The molecule has 1 atom stereocenters. The standard InChI is InChI=1S/C46H46F3N5O6/c1-29-39(43(56)51(3)35-10-12-37(55)13-11-35)25-42(50(29)2)40-23-31-16-17-53(45(58)60-38-14-8-34(9-15-38)46(47,48)49)26-33(31)24-41(40)44(57)54-27-32-7-5-4-6-30(32)22-36(54)28-52-18-20-59-21-19-52/h4-15,23-25,36,55H,16-22,26-28H2,1-3H3/t36-/m0/s1. The lowest BCUT2D eigenvalue weighted by atomic mass is 9.89. The van der Waals surface area contributed by atoms with E-state index in [0.717, 1.165) is 54.0 Å². The van der Waals surface area contributed by atoms with E-state index in [-0.39, 0.29) is 42.4 Å². The number of anilines is 1. The molecule has 0 saturated carbocycles. The topological polar surface area (TPSA) is 108 Å². The number of amides is 3. The normalized spacial score (nSPS) is 16.9. The molecule has 0 radical (unpaired) electrons. The zero-order valence-electron chi connectivity index (χ0n) is 33.7. The minimum Gasteiger partial charge on any atom is -0.508 e. The predicted molar refractivity (Wildman–Crippen MR) is 219 cm³/mol. The molecule has 1 aromatic heterocycles. The van der Waals surface area contributed by atoms with E-state index < -0.39 is 17.8 Å². The molecule has 1 N–H and O–H groups in total. The number of aromatic nitrogens is 1. The third-order valence-electron chi connectivity index (χ3n) is 12.0. The second kappa shape index (κ2) is 16.5. The van der Waals surface area contributed by atoms with Crippen LogP contribution in [0.4, 0.5) is 23.7 Å². The van der Waals surface area contributed by atoms with Crippen molar-refractivity contribution in [3.05, 3.63) is 136 Å². The Balaban J connectivity index is 1.16. The zero-order chi connectivity index (χ0) is 42.3. The number of hydrogen-bond acceptors (Lipinski definition) is 7. The fourth-order valence-electron chi connectivity index (χ4n) is 8.40. The van der Waals surface area contributed by atoms with Gasteiger partial charge < -0.3 is 33.8 Å². The highest BCUT2D eigenvalue weighted by Crippen LogP contribution is 2.37. The number of aromatic hydroxyl groups is 1. The van der Waals surface area contributed by atoms with Crippen molar-refractivity contribution in [1.82, 2.24) is 19.3 Å². The number of halogens is 3. The van der Waals surface area contributed by atoms with E-state index in [2.05, 4.69) is 17.0 Å². The number of carbonyl (C=O) groups is 3. The van der Waals surface area contributed by atoms with Crippen molar-refractivity contribution in [3.63, 3.8) is 0 Å². The molecule has 1 saturated heterocycles. The van der Waals surface area contributed by atoms with Gasteiger partial charge in [-0.2, -0.15) is 13.2 Å². The van der Waals surface area contributed by atoms with Gasteiger partial charge in [-0.25, -0.2) is 4.79 Å². The first-order chi connectivity index (χ1) is 28.7. The summed E-state index contributed by atoms with van der Waals surface area (Å²) >= 11 is 0. The summed E-state index contributed by atoms with van der Waals surface area (Å²) in [5, 5.41) is 9.83. The molecule has 4 heterocycles. The van der Waals surface area contributed by atoms with Crippen LogP contribution >= 0.6 is 0 Å². The number of morpholine rings is 1. The number of alkyl halides is 3. The number of hydrogen-bond donors (Lipinski definition) is 1. The van der Waals surface area contributed by atoms with E-state index in [9.17, 15) is 27.9 Å². The Morgan fingerprint density at radius 1 is 0.850 bits per heavy atom. The number of phenolic OH excluding ortho intramolecular Hbond substituents is 1. The lowest BCUT2D eigenvalue weighted by molar-refractivity contribution is -0.137. The van der Waals surface area contributed by atoms with E-state index in [1.54, 1.807) is 19.2 Å². The Labute approximate surface area is 346 Å². The maximum Gasteiger partial charge on any atom is 0.416 e. The lowest BCUT2D eigenvalue weighted by Gasteiger charge is -2.41. The van der Waals surface area contributed by atoms with E-state index in [4.69, 9.17) is 9.47 Å². The van der Waals surface area contributed by atoms with Gasteiger partial charge in [-0.1, -0.05) is 24.3 Å². The van der Waals surface area contributed by atoms with Gasteiger partial charge >= 0.3 is 12.3 Å². The van der Waals surface area contributed by atoms with Crippen LogP contribution < -0.4 is 9.64 Å². The van der Waals surface area contributed by atoms with Crippen molar-refractivity contribution in [1.29, 1.82) is 0 Å². The third kappa shape index (κ3) is 8.21. The first-order valence-electron chi connectivity index (χ1n) is 20.0. The summed E-state index contributed by atoms with van der Waals surface area (Å²) in [7, 11) is 3.54. The van der Waals surface area contributed by atoms with Gasteiger partial charge in [0, 0.05) is 87.6 Å². The van der Waals surface area contributed by atoms with Crippen LogP contribution in [-0.2, 0) is 43.9 Å². The summed E-state index contributed by atoms with van der Waals surface area (Å²) in [6, 6.07) is 24.0. The fourth-order valence-corrected chi connectivity index (χ4v) is 8.40. The maximum absolute atomic E-state index is 15.3. The van der Waals surface area contributed by atoms with E-state index in [0.29, 0.717) is 72.9 Å². The average molecular weight is 822 g/mol. The lowest BCUT2D eigenvalue weighted by Crippen LogP contribution is -2.52. The van der Waals surface area contributed by atoms with Crippen molar-refractivity contribution >= 4 is 23.6 Å². The summed E-state index contributed by atoms with van der Waals surface area (Å²) < 4.78 is 52.5. The molecule has 0 spiro atoms. The van der Waals surface area contributed by atoms with Crippen molar-refractivity contribution < 1.29 is 42.1 Å². The highest BCUT2D eigenvalue weighted by Gasteiger charge is 2.36. The van der Waals surface area contributed by atoms with Crippen LogP contribution in [0.3, 0.4) is 0 Å². The molecule has 3 amide bonds. The van der Waals surface area contributed by atoms with Gasteiger partial charge in [0.15, 0.2) is 0 Å². The average Bonchev–Trinajstić information content (AvgIpc) is 3.55. The number of fused-ring (bicyclic) bond motifs is 2. The SMILES string of the molecule is Cc1c(C(=O)N(C)c2ccc(O)cc2)cc(-c2cc3c(cc2C(=O)N2Cc4ccccc4C[C@H]2CN2CCOCC2)CN(C(=O)Oc2ccc(C(F)(F)F)cc2)CC3)n1C. The van der Waals surface area contributed by atoms with Crippen molar-refractivity contribution in [2.75, 3.05) is 51.3 Å². The van der Waals surface area contributed by atoms with Crippen LogP contribution in [0.1, 0.15) is 54.2 Å². The highest BCUT2D eigenvalue weighted by molar-refractivity contribution is 6.08. The van der Waals surface area contributed by atoms with Crippen LogP contribution in [0.2, 0.25) is 0 Å². The van der Waals surface area contributed by atoms with Gasteiger partial charge in [0.2, 0.25) is 0 Å². The van der Waals surface area contributed by atoms with Crippen LogP contribution in [0, 0.1) is 6.92 Å². The number of benzene rings is 4. The molecule has 3 aliphatic heterocycles. The Hall–Kier alpha value is -6.12. The largest absolute Gasteiger partial charge is 0.508 e. The minimum absolute atomic E-state index is 0.0119. The first kappa shape index (κ1) is 40.7. The van der Waals surface area contributed by atoms with Crippen molar-refractivity contribution in [2.24, 2.45) is 7.05 Å². The van der Waals surface area contributed by atoms with Crippen molar-refractivity contribution in [3.8, 4) is 22.8 Å². The van der Waals surface area contributed by atoms with E-state index in [1.165, 1.54) is 27.5 Å². The summed E-state index contributed by atoms with van der Waals surface area (Å²) in [5.41, 5.74) is 6.59. The molecular weight excluding hydrogens is 776 g/mol. The van der Waals surface area contributed by atoms with Crippen molar-refractivity contribution in [2.45, 2.75) is 45.1 Å². The van der Waals surface area contributed by atoms with Gasteiger partial charge in [-0.05, 0) is 109 Å². The molecule has 8 rings (SSSR count). The number of phenols is 1. The Bertz CT molecular complexity index is 2420. The summed E-state index contributed by atoms with van der Waals surface area (Å²) in [6.45, 7) is 6.10. The van der Waals surface area contributed by atoms with E-state index >= 15 is 4.79 Å². The quantitative estimate of drug-likeness (QED) is 0.182. The highest BCUT2D eigenvalue weighted by atomic mass is 19.4. The zero-order valence-corrected chi connectivity index (χ0v) is 33.7. The fraction of sp³-hybridized carbons (Fsp3) is 0.326. The first-order valence-corrected chi connectivity index (χ1v) is 20.0. The number of ether oxygens (including phenoxy) is 2. The monoisotopic (exact) mass is 821 g/mol. The maximum atomic E-state index is 15.3. The second-order valence-corrected chi connectivity index (χ2v) is 15.7. The number of carbonyl (C=O) groups excluding carboxylic acids is 3. The summed E-state index contributed by atoms with van der Waals surface area (Å²) in [5.74, 6) is -0.364. The number of nitrogens with zero attached hydrogens (tertiary/aromatic N) is 5. The van der Waals surface area contributed by atoms with Gasteiger partial charge in [0.25, 0.3) is 11.8 Å². The molecule has 0 unspecified atom stereocenters. The molecule has 312 valence electrons.